The molecule has 0 aliphatic heterocycles. The zero-order chi connectivity index (χ0) is 14.6. The molecule has 0 rings (SSSR count). The van der Waals surface area contributed by atoms with Crippen LogP contribution in [0.5, 0.6) is 0 Å². The third kappa shape index (κ3) is 50.0. The second kappa shape index (κ2) is 12.0. The third-order valence-corrected chi connectivity index (χ3v) is 0.785. The van der Waals surface area contributed by atoms with Gasteiger partial charge in [-0.1, -0.05) is 0 Å². The number of carbonyl (C=O) groups excluding carboxylic acids is 1. The fraction of sp³-hybridized carbons (Fsp3) is 0.833. The van der Waals surface area contributed by atoms with Crippen molar-refractivity contribution in [3.8, 4) is 0 Å². The Morgan fingerprint density at radius 1 is 1.06 bits per heavy atom. The first kappa shape index (κ1) is 21.8. The Hall–Kier alpha value is -0.420. The number of ketones is 1. The van der Waals surface area contributed by atoms with Crippen LogP contribution in [-0.4, -0.2) is 71.6 Å². The summed E-state index contributed by atoms with van der Waals surface area (Å²) in [5, 5.41) is 39.7. The summed E-state index contributed by atoms with van der Waals surface area (Å²) in [6.07, 6.45) is -2.74. The number of rotatable bonds is 3. The molecule has 0 aromatic rings. The van der Waals surface area contributed by atoms with Gasteiger partial charge < -0.3 is 40.2 Å². The molecular weight excluding hydrogens is 263 g/mol. The predicted octanol–water partition coefficient (Wildman–Crippen LogP) is -3.71. The second-order valence-corrected chi connectivity index (χ2v) is 3.54. The minimum Gasteiger partial charge on any atom is -0.394 e. The Labute approximate surface area is 96.6 Å². The van der Waals surface area contributed by atoms with Crippen LogP contribution in [0.3, 0.4) is 0 Å². The summed E-state index contributed by atoms with van der Waals surface area (Å²) in [6.45, 7) is 0.373. The van der Waals surface area contributed by atoms with Crippen molar-refractivity contribution in [1.29, 1.82) is 0 Å². The SMILES string of the molecule is CC(=O)C(O)O.O=P(O)(O)O.OCC(O)CO. The van der Waals surface area contributed by atoms with Gasteiger partial charge in [0.25, 0.3) is 0 Å². The number of hydrogen-bond donors (Lipinski definition) is 8. The Morgan fingerprint density at radius 2 is 1.24 bits per heavy atom. The van der Waals surface area contributed by atoms with Crippen LogP contribution in [0, 0.1) is 0 Å². The largest absolute Gasteiger partial charge is 0.466 e. The van der Waals surface area contributed by atoms with Crippen molar-refractivity contribution >= 4 is 13.6 Å². The van der Waals surface area contributed by atoms with E-state index in [-0.39, 0.29) is 13.2 Å². The fourth-order valence-electron chi connectivity index (χ4n) is 0.0577. The summed E-state index contributed by atoms with van der Waals surface area (Å²) in [4.78, 5) is 31.2. The van der Waals surface area contributed by atoms with Gasteiger partial charge in [0.15, 0.2) is 5.78 Å². The molecule has 10 nitrogen and oxygen atoms in total. The molecule has 17 heavy (non-hydrogen) atoms. The maximum absolute atomic E-state index is 9.64. The summed E-state index contributed by atoms with van der Waals surface area (Å²) in [7, 11) is -4.64. The van der Waals surface area contributed by atoms with E-state index in [4.69, 9.17) is 44.8 Å². The van der Waals surface area contributed by atoms with Crippen molar-refractivity contribution in [2.45, 2.75) is 19.3 Å². The van der Waals surface area contributed by atoms with Crippen molar-refractivity contribution < 1.29 is 49.6 Å². The average Bonchev–Trinajstić information content (AvgIpc) is 2.14. The molecule has 0 saturated carbocycles. The lowest BCUT2D eigenvalue weighted by atomic mass is 10.4. The van der Waals surface area contributed by atoms with E-state index >= 15 is 0 Å². The first-order chi connectivity index (χ1) is 7.45. The molecule has 0 atom stereocenters. The van der Waals surface area contributed by atoms with Gasteiger partial charge in [0.2, 0.25) is 6.29 Å². The number of aliphatic hydroxyl groups is 5. The molecule has 11 heteroatoms. The molecular formula is C6H17O10P. The molecule has 0 radical (unpaired) electrons. The van der Waals surface area contributed by atoms with E-state index in [2.05, 4.69) is 0 Å². The third-order valence-electron chi connectivity index (χ3n) is 0.785. The highest BCUT2D eigenvalue weighted by Gasteiger charge is 2.00. The standard InChI is InChI=1S/C3H8O3.C3H6O3.H3O4P/c4-1-3(6)2-5;1-2(4)3(5)6;1-5(2,3)4/h3-6H,1-2H2;3,5-6H,1H3;(H3,1,2,3,4). The van der Waals surface area contributed by atoms with E-state index in [9.17, 15) is 4.79 Å². The first-order valence-corrected chi connectivity index (χ1v) is 5.56. The summed E-state index contributed by atoms with van der Waals surface area (Å²) in [5.41, 5.74) is 0. The minimum atomic E-state index is -4.64. The summed E-state index contributed by atoms with van der Waals surface area (Å²) >= 11 is 0. The molecule has 0 aliphatic rings. The lowest BCUT2D eigenvalue weighted by Crippen LogP contribution is -2.15. The highest BCUT2D eigenvalue weighted by atomic mass is 31.2. The second-order valence-electron chi connectivity index (χ2n) is 2.52. The van der Waals surface area contributed by atoms with E-state index in [0.29, 0.717) is 0 Å². The van der Waals surface area contributed by atoms with E-state index in [1.54, 1.807) is 0 Å². The highest BCUT2D eigenvalue weighted by molar-refractivity contribution is 7.45. The van der Waals surface area contributed by atoms with Crippen molar-refractivity contribution in [2.75, 3.05) is 13.2 Å². The van der Waals surface area contributed by atoms with Crippen LogP contribution >= 0.6 is 7.82 Å². The van der Waals surface area contributed by atoms with Gasteiger partial charge in [-0.15, -0.1) is 0 Å². The fourth-order valence-corrected chi connectivity index (χ4v) is 0.0577. The summed E-state index contributed by atoms with van der Waals surface area (Å²) in [6, 6.07) is 0. The molecule has 0 unspecified atom stereocenters. The normalized spacial score (nSPS) is 10.3. The van der Waals surface area contributed by atoms with Crippen molar-refractivity contribution in [3.63, 3.8) is 0 Å². The number of hydrogen-bond acceptors (Lipinski definition) is 7. The van der Waals surface area contributed by atoms with Gasteiger partial charge in [-0.05, 0) is 6.92 Å². The van der Waals surface area contributed by atoms with Crippen molar-refractivity contribution in [3.05, 3.63) is 0 Å². The number of phosphoric acid groups is 1. The van der Waals surface area contributed by atoms with Crippen LogP contribution in [0.1, 0.15) is 6.92 Å². The van der Waals surface area contributed by atoms with E-state index < -0.39 is 26.0 Å². The molecule has 0 aromatic heterocycles. The van der Waals surface area contributed by atoms with Gasteiger partial charge in [-0.2, -0.15) is 0 Å². The lowest BCUT2D eigenvalue weighted by molar-refractivity contribution is -0.142. The van der Waals surface area contributed by atoms with Crippen molar-refractivity contribution in [2.24, 2.45) is 0 Å². The van der Waals surface area contributed by atoms with Crippen LogP contribution in [0.15, 0.2) is 0 Å². The van der Waals surface area contributed by atoms with Gasteiger partial charge in [-0.3, -0.25) is 4.79 Å². The van der Waals surface area contributed by atoms with Gasteiger partial charge >= 0.3 is 7.82 Å². The molecule has 0 fully saturated rings. The highest BCUT2D eigenvalue weighted by Crippen LogP contribution is 2.25. The molecule has 0 spiro atoms. The van der Waals surface area contributed by atoms with E-state index in [1.807, 2.05) is 0 Å². The first-order valence-electron chi connectivity index (χ1n) is 4.00. The van der Waals surface area contributed by atoms with Crippen molar-refractivity contribution in [1.82, 2.24) is 0 Å². The quantitative estimate of drug-likeness (QED) is 0.188. The van der Waals surface area contributed by atoms with Crippen LogP contribution in [0.25, 0.3) is 0 Å². The minimum absolute atomic E-state index is 0.365. The Balaban J connectivity index is -0.000000174. The van der Waals surface area contributed by atoms with E-state index in [1.165, 1.54) is 0 Å². The monoisotopic (exact) mass is 280 g/mol. The maximum atomic E-state index is 9.64. The smallest absolute Gasteiger partial charge is 0.394 e. The topological polar surface area (TPSA) is 196 Å². The average molecular weight is 280 g/mol. The summed E-state index contributed by atoms with van der Waals surface area (Å²) < 4.78 is 8.88. The molecule has 0 saturated heterocycles. The van der Waals surface area contributed by atoms with Crippen LogP contribution in [-0.2, 0) is 9.36 Å². The molecule has 0 amide bonds. The number of aliphatic hydroxyl groups excluding tert-OH is 4. The molecule has 0 aliphatic carbocycles. The van der Waals surface area contributed by atoms with Gasteiger partial charge in [0, 0.05) is 0 Å². The molecule has 0 aromatic carbocycles. The summed E-state index contributed by atoms with van der Waals surface area (Å²) in [5.74, 6) is -0.630. The lowest BCUT2D eigenvalue weighted by Gasteiger charge is -1.96. The Morgan fingerprint density at radius 3 is 1.24 bits per heavy atom. The maximum Gasteiger partial charge on any atom is 0.466 e. The zero-order valence-electron chi connectivity index (χ0n) is 8.91. The van der Waals surface area contributed by atoms with Crippen LogP contribution < -0.4 is 0 Å². The molecule has 106 valence electrons. The Bertz CT molecular complexity index is 211. The molecule has 0 heterocycles. The number of carbonyl (C=O) groups is 1. The number of Topliss-reactive ketones (excluding diaryl/α,β-unsaturated/α-hetero) is 1. The van der Waals surface area contributed by atoms with Crippen LogP contribution in [0.4, 0.5) is 0 Å². The van der Waals surface area contributed by atoms with Gasteiger partial charge in [0.05, 0.1) is 13.2 Å². The van der Waals surface area contributed by atoms with E-state index in [0.717, 1.165) is 6.92 Å². The molecule has 0 bridgehead atoms. The zero-order valence-corrected chi connectivity index (χ0v) is 9.80. The Kier molecular flexibility index (Phi) is 15.5. The van der Waals surface area contributed by atoms with Gasteiger partial charge in [0.1, 0.15) is 6.10 Å². The van der Waals surface area contributed by atoms with Crippen LogP contribution in [0.2, 0.25) is 0 Å². The molecule has 8 N–H and O–H groups in total. The predicted molar refractivity (Wildman–Crippen MR) is 53.3 cm³/mol. The van der Waals surface area contributed by atoms with Gasteiger partial charge in [-0.25, -0.2) is 4.57 Å².